The van der Waals surface area contributed by atoms with Crippen LogP contribution < -0.4 is 5.73 Å². The van der Waals surface area contributed by atoms with Gasteiger partial charge in [-0.15, -0.1) is 0 Å². The molecule has 21 heavy (non-hydrogen) atoms. The van der Waals surface area contributed by atoms with Gasteiger partial charge in [-0.05, 0) is 54.5 Å². The van der Waals surface area contributed by atoms with E-state index in [0.29, 0.717) is 11.6 Å². The normalized spacial score (nSPS) is 21.1. The average Bonchev–Trinajstić information content (AvgIpc) is 2.50. The second-order valence-corrected chi connectivity index (χ2v) is 6.31. The van der Waals surface area contributed by atoms with Crippen LogP contribution in [0.1, 0.15) is 29.5 Å². The summed E-state index contributed by atoms with van der Waals surface area (Å²) in [6.45, 7) is 0.581. The molecule has 0 bridgehead atoms. The van der Waals surface area contributed by atoms with Crippen molar-refractivity contribution in [2.45, 2.75) is 31.1 Å². The largest absolute Gasteiger partial charge is 0.330 e. The van der Waals surface area contributed by atoms with Crippen LogP contribution in [0.2, 0.25) is 5.02 Å². The van der Waals surface area contributed by atoms with E-state index < -0.39 is 0 Å². The van der Waals surface area contributed by atoms with E-state index in [1.807, 2.05) is 0 Å². The summed E-state index contributed by atoms with van der Waals surface area (Å²) < 4.78 is 13.2. The molecule has 1 aliphatic rings. The average molecular weight is 304 g/mol. The summed E-state index contributed by atoms with van der Waals surface area (Å²) in [6.07, 6.45) is 4.05. The lowest BCUT2D eigenvalue weighted by atomic mass is 9.67. The Morgan fingerprint density at radius 1 is 1.19 bits per heavy atom. The van der Waals surface area contributed by atoms with E-state index in [2.05, 4.69) is 24.3 Å². The molecule has 0 amide bonds. The SMILES string of the molecule is NCC1(Cc2ccc(F)cc2Cl)CCCc2ccccc21. The molecule has 0 aromatic heterocycles. The summed E-state index contributed by atoms with van der Waals surface area (Å²) in [4.78, 5) is 0. The molecule has 2 aromatic carbocycles. The van der Waals surface area contributed by atoms with Crippen molar-refractivity contribution in [3.05, 3.63) is 70.0 Å². The summed E-state index contributed by atoms with van der Waals surface area (Å²) in [5.41, 5.74) is 9.76. The van der Waals surface area contributed by atoms with Crippen molar-refractivity contribution >= 4 is 11.6 Å². The minimum absolute atomic E-state index is 0.0870. The Kier molecular flexibility index (Phi) is 4.01. The number of hydrogen-bond acceptors (Lipinski definition) is 1. The standard InChI is InChI=1S/C18H19ClFN/c19-17-10-15(20)8-7-14(17)11-18(12-21)9-3-5-13-4-1-2-6-16(13)18/h1-2,4,6-8,10H,3,5,9,11-12,21H2. The Morgan fingerprint density at radius 3 is 2.76 bits per heavy atom. The lowest BCUT2D eigenvalue weighted by Crippen LogP contribution is -2.40. The van der Waals surface area contributed by atoms with Crippen LogP contribution in [0.5, 0.6) is 0 Å². The number of rotatable bonds is 3. The van der Waals surface area contributed by atoms with Gasteiger partial charge < -0.3 is 5.73 Å². The summed E-state index contributed by atoms with van der Waals surface area (Å²) in [5.74, 6) is -0.297. The van der Waals surface area contributed by atoms with E-state index in [-0.39, 0.29) is 11.2 Å². The van der Waals surface area contributed by atoms with E-state index in [9.17, 15) is 4.39 Å². The Labute approximate surface area is 129 Å². The molecule has 0 aliphatic heterocycles. The maximum atomic E-state index is 13.2. The molecule has 110 valence electrons. The highest BCUT2D eigenvalue weighted by Crippen LogP contribution is 2.40. The van der Waals surface area contributed by atoms with Crippen LogP contribution in [-0.2, 0) is 18.3 Å². The molecule has 0 spiro atoms. The quantitative estimate of drug-likeness (QED) is 0.901. The van der Waals surface area contributed by atoms with Gasteiger partial charge in [0.25, 0.3) is 0 Å². The van der Waals surface area contributed by atoms with E-state index in [1.165, 1.54) is 23.3 Å². The first-order chi connectivity index (χ1) is 10.1. The van der Waals surface area contributed by atoms with Crippen LogP contribution in [-0.4, -0.2) is 6.54 Å². The third-order valence-electron chi connectivity index (χ3n) is 4.62. The maximum absolute atomic E-state index is 13.2. The predicted molar refractivity (Wildman–Crippen MR) is 85.2 cm³/mol. The Hall–Kier alpha value is -1.38. The van der Waals surface area contributed by atoms with Gasteiger partial charge in [0, 0.05) is 17.0 Å². The minimum Gasteiger partial charge on any atom is -0.330 e. The molecule has 2 aromatic rings. The van der Waals surface area contributed by atoms with Crippen LogP contribution in [0.3, 0.4) is 0 Å². The Balaban J connectivity index is 2.02. The van der Waals surface area contributed by atoms with Crippen molar-refractivity contribution in [3.8, 4) is 0 Å². The van der Waals surface area contributed by atoms with Gasteiger partial charge in [0.15, 0.2) is 0 Å². The molecule has 0 fully saturated rings. The number of nitrogens with two attached hydrogens (primary N) is 1. The number of aryl methyl sites for hydroxylation is 1. The van der Waals surface area contributed by atoms with Gasteiger partial charge in [-0.1, -0.05) is 41.9 Å². The molecule has 3 heteroatoms. The van der Waals surface area contributed by atoms with Crippen LogP contribution in [0, 0.1) is 5.82 Å². The zero-order chi connectivity index (χ0) is 14.9. The highest BCUT2D eigenvalue weighted by molar-refractivity contribution is 6.31. The molecule has 3 rings (SSSR count). The van der Waals surface area contributed by atoms with E-state index in [0.717, 1.165) is 31.2 Å². The van der Waals surface area contributed by atoms with Crippen molar-refractivity contribution in [2.75, 3.05) is 6.54 Å². The molecular formula is C18H19ClFN. The fourth-order valence-corrected chi connectivity index (χ4v) is 3.74. The second kappa shape index (κ2) is 5.78. The molecular weight excluding hydrogens is 285 g/mol. The number of fused-ring (bicyclic) bond motifs is 1. The lowest BCUT2D eigenvalue weighted by molar-refractivity contribution is 0.365. The summed E-state index contributed by atoms with van der Waals surface area (Å²) in [6, 6.07) is 13.2. The van der Waals surface area contributed by atoms with Crippen molar-refractivity contribution in [2.24, 2.45) is 5.73 Å². The smallest absolute Gasteiger partial charge is 0.124 e. The summed E-state index contributed by atoms with van der Waals surface area (Å²) in [7, 11) is 0. The Bertz CT molecular complexity index is 655. The third-order valence-corrected chi connectivity index (χ3v) is 4.98. The third kappa shape index (κ3) is 2.70. The van der Waals surface area contributed by atoms with E-state index in [1.54, 1.807) is 6.07 Å². The minimum atomic E-state index is -0.297. The van der Waals surface area contributed by atoms with Crippen LogP contribution in [0.15, 0.2) is 42.5 Å². The molecule has 2 N–H and O–H groups in total. The topological polar surface area (TPSA) is 26.0 Å². The maximum Gasteiger partial charge on any atom is 0.124 e. The molecule has 0 heterocycles. The first-order valence-corrected chi connectivity index (χ1v) is 7.75. The van der Waals surface area contributed by atoms with Crippen LogP contribution >= 0.6 is 11.6 Å². The Morgan fingerprint density at radius 2 is 2.00 bits per heavy atom. The van der Waals surface area contributed by atoms with Crippen molar-refractivity contribution in [3.63, 3.8) is 0 Å². The van der Waals surface area contributed by atoms with Crippen LogP contribution in [0.4, 0.5) is 4.39 Å². The van der Waals surface area contributed by atoms with Gasteiger partial charge in [0.05, 0.1) is 0 Å². The molecule has 0 radical (unpaired) electrons. The summed E-state index contributed by atoms with van der Waals surface area (Å²) in [5, 5.41) is 0.492. The molecule has 0 saturated carbocycles. The number of hydrogen-bond donors (Lipinski definition) is 1. The molecule has 1 nitrogen and oxygen atoms in total. The zero-order valence-corrected chi connectivity index (χ0v) is 12.7. The van der Waals surface area contributed by atoms with Gasteiger partial charge in [-0.25, -0.2) is 4.39 Å². The molecule has 1 aliphatic carbocycles. The predicted octanol–water partition coefficient (Wildman–Crippen LogP) is 4.25. The lowest BCUT2D eigenvalue weighted by Gasteiger charge is -2.39. The molecule has 1 unspecified atom stereocenters. The first-order valence-electron chi connectivity index (χ1n) is 7.37. The van der Waals surface area contributed by atoms with Crippen molar-refractivity contribution in [1.29, 1.82) is 0 Å². The first kappa shape index (κ1) is 14.6. The monoisotopic (exact) mass is 303 g/mol. The number of benzene rings is 2. The number of halogens is 2. The second-order valence-electron chi connectivity index (χ2n) is 5.91. The van der Waals surface area contributed by atoms with Gasteiger partial charge in [-0.2, -0.15) is 0 Å². The van der Waals surface area contributed by atoms with Gasteiger partial charge >= 0.3 is 0 Å². The zero-order valence-electron chi connectivity index (χ0n) is 11.9. The molecule has 0 saturated heterocycles. The van der Waals surface area contributed by atoms with E-state index >= 15 is 0 Å². The fraction of sp³-hybridized carbons (Fsp3) is 0.333. The summed E-state index contributed by atoms with van der Waals surface area (Å²) >= 11 is 6.21. The van der Waals surface area contributed by atoms with Crippen molar-refractivity contribution < 1.29 is 4.39 Å². The van der Waals surface area contributed by atoms with Crippen molar-refractivity contribution in [1.82, 2.24) is 0 Å². The highest BCUT2D eigenvalue weighted by Gasteiger charge is 2.35. The van der Waals surface area contributed by atoms with E-state index in [4.69, 9.17) is 17.3 Å². The highest BCUT2D eigenvalue weighted by atomic mass is 35.5. The van der Waals surface area contributed by atoms with Crippen LogP contribution in [0.25, 0.3) is 0 Å². The van der Waals surface area contributed by atoms with Gasteiger partial charge in [0.2, 0.25) is 0 Å². The fourth-order valence-electron chi connectivity index (χ4n) is 3.50. The molecule has 1 atom stereocenters. The van der Waals surface area contributed by atoms with Gasteiger partial charge in [-0.3, -0.25) is 0 Å². The van der Waals surface area contributed by atoms with Gasteiger partial charge in [0.1, 0.15) is 5.82 Å².